The van der Waals surface area contributed by atoms with Gasteiger partial charge in [-0.2, -0.15) is 4.31 Å². The zero-order chi connectivity index (χ0) is 18.1. The van der Waals surface area contributed by atoms with Gasteiger partial charge in [0.2, 0.25) is 10.0 Å². The van der Waals surface area contributed by atoms with Crippen molar-refractivity contribution in [3.05, 3.63) is 24.0 Å². The zero-order valence-corrected chi connectivity index (χ0v) is 16.5. The third-order valence-electron chi connectivity index (χ3n) is 5.06. The molecule has 9 heteroatoms. The molecule has 2 saturated heterocycles. The van der Waals surface area contributed by atoms with Crippen LogP contribution in [0, 0.1) is 17.2 Å². The maximum atomic E-state index is 14.3. The third kappa shape index (κ3) is 4.48. The third-order valence-corrected chi connectivity index (χ3v) is 6.90. The highest BCUT2D eigenvalue weighted by Gasteiger charge is 2.39. The van der Waals surface area contributed by atoms with Crippen molar-refractivity contribution in [1.29, 1.82) is 0 Å². The minimum absolute atomic E-state index is 0. The van der Waals surface area contributed by atoms with Crippen LogP contribution in [-0.2, 0) is 14.8 Å². The minimum atomic E-state index is -3.73. The molecule has 1 aromatic rings. The Labute approximate surface area is 160 Å². The first-order chi connectivity index (χ1) is 11.8. The van der Waals surface area contributed by atoms with Crippen molar-refractivity contribution >= 4 is 22.4 Å². The van der Waals surface area contributed by atoms with E-state index in [4.69, 9.17) is 15.2 Å². The molecular formula is C17H26ClFN2O4S. The highest BCUT2D eigenvalue weighted by atomic mass is 35.5. The van der Waals surface area contributed by atoms with Crippen LogP contribution in [0.4, 0.5) is 4.39 Å². The maximum absolute atomic E-state index is 14.3. The van der Waals surface area contributed by atoms with E-state index >= 15 is 0 Å². The van der Waals surface area contributed by atoms with Gasteiger partial charge in [-0.25, -0.2) is 12.8 Å². The molecule has 2 atom stereocenters. The molecule has 0 aliphatic carbocycles. The van der Waals surface area contributed by atoms with Crippen LogP contribution < -0.4 is 10.5 Å². The van der Waals surface area contributed by atoms with Gasteiger partial charge >= 0.3 is 0 Å². The molecule has 0 saturated carbocycles. The number of nitrogens with zero attached hydrogens (tertiary/aromatic N) is 1. The predicted octanol–water partition coefficient (Wildman–Crippen LogP) is 2.02. The van der Waals surface area contributed by atoms with Crippen molar-refractivity contribution in [1.82, 2.24) is 4.31 Å². The summed E-state index contributed by atoms with van der Waals surface area (Å²) in [5, 5.41) is 0. The molecule has 2 N–H and O–H groups in total. The standard InChI is InChI=1S/C17H25FN2O4S.ClH/c1-17(11-19)5-6-20(12-17)25(21,22)14-2-3-16(15(18)8-14)24-10-13-4-7-23-9-13;/h2-3,8,13H,4-7,9-12,19H2,1H3;1H. The lowest BCUT2D eigenvalue weighted by molar-refractivity contribution is 0.165. The van der Waals surface area contributed by atoms with Crippen LogP contribution in [0.5, 0.6) is 5.75 Å². The fraction of sp³-hybridized carbons (Fsp3) is 0.647. The number of rotatable bonds is 6. The topological polar surface area (TPSA) is 81.9 Å². The molecule has 1 aromatic carbocycles. The second-order valence-corrected chi connectivity index (χ2v) is 9.17. The number of halogens is 2. The predicted molar refractivity (Wildman–Crippen MR) is 98.6 cm³/mol. The lowest BCUT2D eigenvalue weighted by Gasteiger charge is -2.22. The fourth-order valence-electron chi connectivity index (χ4n) is 3.18. The van der Waals surface area contributed by atoms with E-state index in [1.54, 1.807) is 0 Å². The molecular weight excluding hydrogens is 383 g/mol. The maximum Gasteiger partial charge on any atom is 0.243 e. The van der Waals surface area contributed by atoms with Gasteiger partial charge < -0.3 is 15.2 Å². The monoisotopic (exact) mass is 408 g/mol. The van der Waals surface area contributed by atoms with Gasteiger partial charge in [-0.05, 0) is 43.0 Å². The average molecular weight is 409 g/mol. The van der Waals surface area contributed by atoms with Crippen molar-refractivity contribution in [2.45, 2.75) is 24.7 Å². The van der Waals surface area contributed by atoms with E-state index in [2.05, 4.69) is 0 Å². The number of nitrogens with two attached hydrogens (primary N) is 1. The number of hydrogen-bond donors (Lipinski definition) is 1. The van der Waals surface area contributed by atoms with Crippen LogP contribution >= 0.6 is 12.4 Å². The average Bonchev–Trinajstić information content (AvgIpc) is 3.24. The fourth-order valence-corrected chi connectivity index (χ4v) is 4.78. The SMILES string of the molecule is CC1(CN)CCN(S(=O)(=O)c2ccc(OCC3CCOC3)c(F)c2)C1.Cl. The van der Waals surface area contributed by atoms with Gasteiger partial charge in [0.25, 0.3) is 0 Å². The highest BCUT2D eigenvalue weighted by molar-refractivity contribution is 7.89. The van der Waals surface area contributed by atoms with E-state index < -0.39 is 15.8 Å². The summed E-state index contributed by atoms with van der Waals surface area (Å²) in [6.45, 7) is 4.82. The van der Waals surface area contributed by atoms with Crippen LogP contribution in [-0.4, -0.2) is 52.2 Å². The number of ether oxygens (including phenoxy) is 2. The smallest absolute Gasteiger partial charge is 0.243 e. The number of benzene rings is 1. The molecule has 0 bridgehead atoms. The van der Waals surface area contributed by atoms with E-state index in [9.17, 15) is 12.8 Å². The first kappa shape index (κ1) is 21.4. The normalized spacial score (nSPS) is 26.7. The zero-order valence-electron chi connectivity index (χ0n) is 14.8. The lowest BCUT2D eigenvalue weighted by Crippen LogP contribution is -2.34. The molecule has 2 fully saturated rings. The van der Waals surface area contributed by atoms with Crippen molar-refractivity contribution in [2.75, 3.05) is 39.5 Å². The van der Waals surface area contributed by atoms with Crippen molar-refractivity contribution < 1.29 is 22.3 Å². The summed E-state index contributed by atoms with van der Waals surface area (Å²) in [6, 6.07) is 3.82. The Balaban J connectivity index is 0.00000243. The molecule has 2 aliphatic heterocycles. The molecule has 0 radical (unpaired) electrons. The summed E-state index contributed by atoms with van der Waals surface area (Å²) in [4.78, 5) is -0.0529. The van der Waals surface area contributed by atoms with Gasteiger partial charge in [0.05, 0.1) is 18.1 Å². The summed E-state index contributed by atoms with van der Waals surface area (Å²) in [5.41, 5.74) is 5.51. The quantitative estimate of drug-likeness (QED) is 0.778. The van der Waals surface area contributed by atoms with Crippen LogP contribution in [0.1, 0.15) is 19.8 Å². The summed E-state index contributed by atoms with van der Waals surface area (Å²) in [6.07, 6.45) is 1.60. The van der Waals surface area contributed by atoms with Gasteiger partial charge in [0, 0.05) is 25.6 Å². The molecule has 2 aliphatic rings. The first-order valence-electron chi connectivity index (χ1n) is 8.54. The molecule has 6 nitrogen and oxygen atoms in total. The summed E-state index contributed by atoms with van der Waals surface area (Å²) >= 11 is 0. The summed E-state index contributed by atoms with van der Waals surface area (Å²) in [7, 11) is -3.73. The van der Waals surface area contributed by atoms with E-state index in [-0.39, 0.29) is 34.4 Å². The van der Waals surface area contributed by atoms with E-state index in [1.165, 1.54) is 16.4 Å². The van der Waals surface area contributed by atoms with Crippen LogP contribution in [0.25, 0.3) is 0 Å². The first-order valence-corrected chi connectivity index (χ1v) is 9.98. The molecule has 0 aromatic heterocycles. The van der Waals surface area contributed by atoms with E-state index in [1.807, 2.05) is 6.92 Å². The van der Waals surface area contributed by atoms with Crippen LogP contribution in [0.2, 0.25) is 0 Å². The van der Waals surface area contributed by atoms with Crippen LogP contribution in [0.15, 0.2) is 23.1 Å². The Hall–Kier alpha value is -0.930. The number of hydrogen-bond acceptors (Lipinski definition) is 5. The van der Waals surface area contributed by atoms with Gasteiger partial charge in [0.15, 0.2) is 11.6 Å². The van der Waals surface area contributed by atoms with Gasteiger partial charge in [-0.1, -0.05) is 6.92 Å². The van der Waals surface area contributed by atoms with Crippen molar-refractivity contribution in [2.24, 2.45) is 17.1 Å². The van der Waals surface area contributed by atoms with E-state index in [0.717, 1.165) is 12.5 Å². The molecule has 2 unspecified atom stereocenters. The Kier molecular flexibility index (Phi) is 6.90. The van der Waals surface area contributed by atoms with Gasteiger partial charge in [-0.15, -0.1) is 12.4 Å². The van der Waals surface area contributed by atoms with Crippen LogP contribution in [0.3, 0.4) is 0 Å². The minimum Gasteiger partial charge on any atom is -0.490 e. The Morgan fingerprint density at radius 1 is 1.46 bits per heavy atom. The molecule has 0 spiro atoms. The van der Waals surface area contributed by atoms with Gasteiger partial charge in [-0.3, -0.25) is 0 Å². The molecule has 3 rings (SSSR count). The second kappa shape index (κ2) is 8.39. The second-order valence-electron chi connectivity index (χ2n) is 7.24. The van der Waals surface area contributed by atoms with E-state index in [0.29, 0.717) is 45.9 Å². The molecule has 26 heavy (non-hydrogen) atoms. The lowest BCUT2D eigenvalue weighted by atomic mass is 9.90. The Bertz CT molecular complexity index is 727. The largest absolute Gasteiger partial charge is 0.490 e. The summed E-state index contributed by atoms with van der Waals surface area (Å²) < 4.78 is 51.9. The highest BCUT2D eigenvalue weighted by Crippen LogP contribution is 2.33. The Morgan fingerprint density at radius 2 is 2.23 bits per heavy atom. The molecule has 148 valence electrons. The molecule has 0 amide bonds. The van der Waals surface area contributed by atoms with Gasteiger partial charge in [0.1, 0.15) is 0 Å². The van der Waals surface area contributed by atoms with Crippen molar-refractivity contribution in [3.63, 3.8) is 0 Å². The van der Waals surface area contributed by atoms with Crippen molar-refractivity contribution in [3.8, 4) is 5.75 Å². The Morgan fingerprint density at radius 3 is 2.81 bits per heavy atom. The number of sulfonamides is 1. The summed E-state index contributed by atoms with van der Waals surface area (Å²) in [5.74, 6) is -0.346. The molecule has 2 heterocycles.